The average molecular weight is 937 g/mol. The SMILES string of the molecule is COC1CCC(OC2(C)C(O)C(C)C(O)(C(C)C(=O)[O-])OC2C(C)C2CC(OC)C(C)C3(CCC(C)(C4CCC(C)(C5CCC(C6OC(C)(O)C(C)C(OC)C6C)O5)O4)O3)O2)OC1C.[Na+]. The van der Waals surface area contributed by atoms with Crippen molar-refractivity contribution in [3.05, 3.63) is 0 Å². The summed E-state index contributed by atoms with van der Waals surface area (Å²) in [7, 11) is 5.01. The van der Waals surface area contributed by atoms with Gasteiger partial charge in [-0.15, -0.1) is 0 Å². The molecule has 24 atom stereocenters. The Bertz CT molecular complexity index is 1640. The number of carbonyl (C=O) groups is 1. The van der Waals surface area contributed by atoms with Gasteiger partial charge in [-0.25, -0.2) is 0 Å². The van der Waals surface area contributed by atoms with E-state index in [0.717, 1.165) is 25.7 Å². The zero-order chi connectivity index (χ0) is 47.1. The Morgan fingerprint density at radius 2 is 1.42 bits per heavy atom. The van der Waals surface area contributed by atoms with E-state index in [-0.39, 0.29) is 96.1 Å². The second-order valence-electron chi connectivity index (χ2n) is 21.7. The van der Waals surface area contributed by atoms with E-state index < -0.39 is 82.5 Å². The summed E-state index contributed by atoms with van der Waals surface area (Å²) in [5.74, 6) is -9.78. The van der Waals surface area contributed by atoms with Gasteiger partial charge in [0.25, 0.3) is 0 Å². The number of carboxylic acids is 1. The molecule has 16 nitrogen and oxygen atoms in total. The first kappa shape index (κ1) is 54.2. The molecule has 0 bridgehead atoms. The molecular weight excluding hydrogens is 856 g/mol. The Labute approximate surface area is 409 Å². The minimum Gasteiger partial charge on any atom is -0.550 e. The van der Waals surface area contributed by atoms with Gasteiger partial charge in [0, 0.05) is 76.2 Å². The molecule has 7 aliphatic heterocycles. The van der Waals surface area contributed by atoms with E-state index in [1.165, 1.54) is 6.92 Å². The maximum Gasteiger partial charge on any atom is 1.00 e. The van der Waals surface area contributed by atoms with Gasteiger partial charge in [0.05, 0.1) is 84.3 Å². The average Bonchev–Trinajstić information content (AvgIpc) is 4.00. The number of aliphatic carboxylic acids is 1. The van der Waals surface area contributed by atoms with Crippen LogP contribution in [0.3, 0.4) is 0 Å². The molecule has 7 aliphatic rings. The van der Waals surface area contributed by atoms with Gasteiger partial charge in [-0.2, -0.15) is 0 Å². The first-order valence-corrected chi connectivity index (χ1v) is 24.2. The van der Waals surface area contributed by atoms with Crippen molar-refractivity contribution in [1.29, 1.82) is 0 Å². The van der Waals surface area contributed by atoms with Crippen LogP contribution in [-0.2, 0) is 56.9 Å². The molecule has 24 unspecified atom stereocenters. The van der Waals surface area contributed by atoms with E-state index >= 15 is 0 Å². The molecular formula is C48H81NaO16. The van der Waals surface area contributed by atoms with Gasteiger partial charge in [0.1, 0.15) is 5.60 Å². The van der Waals surface area contributed by atoms with Gasteiger partial charge in [0.15, 0.2) is 23.7 Å². The molecule has 0 aliphatic carbocycles. The van der Waals surface area contributed by atoms with E-state index in [0.29, 0.717) is 32.1 Å². The fraction of sp³-hybridized carbons (Fsp3) is 0.979. The molecule has 370 valence electrons. The van der Waals surface area contributed by atoms with Crippen LogP contribution in [0.1, 0.15) is 134 Å². The Morgan fingerprint density at radius 3 is 2.03 bits per heavy atom. The molecule has 65 heavy (non-hydrogen) atoms. The van der Waals surface area contributed by atoms with Crippen LogP contribution in [0.15, 0.2) is 0 Å². The second kappa shape index (κ2) is 19.8. The maximum absolute atomic E-state index is 12.3. The standard InChI is InChI=1S/C48H82O16.Na/c1-24(41-45(10,61-37-18-16-31(54-12)30(7)57-37)40(49)28(5)48(53,63-41)29(6)42(50)51)33-23-34(55-13)26(3)47(59-33)22-21-44(9,64-47)36-19-20-43(8,60-36)35-17-15-32(58-35)39-25(2)38(56-14)27(4)46(11,52)62-39;/h24-41,49,52-53H,15-23H2,1-14H3,(H,50,51);/q;+1/p-1. The van der Waals surface area contributed by atoms with Crippen LogP contribution in [0.4, 0.5) is 0 Å². The van der Waals surface area contributed by atoms with Gasteiger partial charge in [0.2, 0.25) is 0 Å². The number of ether oxygens (including phenoxy) is 11. The third-order valence-corrected chi connectivity index (χ3v) is 17.8. The summed E-state index contributed by atoms with van der Waals surface area (Å²) in [5, 5.41) is 47.8. The molecule has 0 aromatic rings. The van der Waals surface area contributed by atoms with Crippen molar-refractivity contribution in [3.63, 3.8) is 0 Å². The van der Waals surface area contributed by atoms with Crippen molar-refractivity contribution in [2.75, 3.05) is 21.3 Å². The number of hydrogen-bond donors (Lipinski definition) is 3. The summed E-state index contributed by atoms with van der Waals surface area (Å²) in [4.78, 5) is 12.3. The second-order valence-corrected chi connectivity index (χ2v) is 21.7. The summed E-state index contributed by atoms with van der Waals surface area (Å²) in [5.41, 5.74) is -2.79. The van der Waals surface area contributed by atoms with Crippen LogP contribution in [0, 0.1) is 35.5 Å². The first-order chi connectivity index (χ1) is 29.8. The number of aliphatic hydroxyl groups excluding tert-OH is 1. The summed E-state index contributed by atoms with van der Waals surface area (Å²) >= 11 is 0. The minimum atomic E-state index is -2.30. The van der Waals surface area contributed by atoms with Crippen LogP contribution >= 0.6 is 0 Å². The molecule has 7 rings (SSSR count). The maximum atomic E-state index is 12.3. The fourth-order valence-electron chi connectivity index (χ4n) is 13.0. The largest absolute Gasteiger partial charge is 1.00 e. The zero-order valence-corrected chi connectivity index (χ0v) is 43.9. The summed E-state index contributed by atoms with van der Waals surface area (Å²) < 4.78 is 71.9. The minimum absolute atomic E-state index is 0. The van der Waals surface area contributed by atoms with Crippen LogP contribution in [0.5, 0.6) is 0 Å². The van der Waals surface area contributed by atoms with Crippen molar-refractivity contribution < 1.29 is 107 Å². The van der Waals surface area contributed by atoms with Crippen molar-refractivity contribution in [1.82, 2.24) is 0 Å². The number of hydrogen-bond acceptors (Lipinski definition) is 16. The van der Waals surface area contributed by atoms with E-state index in [9.17, 15) is 25.2 Å². The Kier molecular flexibility index (Phi) is 16.6. The van der Waals surface area contributed by atoms with Gasteiger partial charge in [-0.1, -0.05) is 41.5 Å². The Balaban J connectivity index is 0.00000700. The zero-order valence-electron chi connectivity index (χ0n) is 41.9. The molecule has 3 N–H and O–H groups in total. The van der Waals surface area contributed by atoms with Crippen molar-refractivity contribution >= 4 is 5.97 Å². The third-order valence-electron chi connectivity index (χ3n) is 17.8. The Hall–Kier alpha value is -0.0900. The summed E-state index contributed by atoms with van der Waals surface area (Å²) in [6, 6.07) is 0. The van der Waals surface area contributed by atoms with Crippen molar-refractivity contribution in [2.45, 2.75) is 242 Å². The molecule has 7 heterocycles. The van der Waals surface area contributed by atoms with Crippen molar-refractivity contribution in [2.24, 2.45) is 35.5 Å². The van der Waals surface area contributed by atoms with Crippen LogP contribution in [0.2, 0.25) is 0 Å². The molecule has 0 aromatic heterocycles. The molecule has 0 radical (unpaired) electrons. The van der Waals surface area contributed by atoms with E-state index in [4.69, 9.17) is 52.1 Å². The molecule has 0 aromatic carbocycles. The number of carbonyl (C=O) groups excluding carboxylic acids is 1. The third kappa shape index (κ3) is 9.58. The van der Waals surface area contributed by atoms with E-state index in [2.05, 4.69) is 27.7 Å². The molecule has 7 saturated heterocycles. The van der Waals surface area contributed by atoms with E-state index in [1.807, 2.05) is 20.8 Å². The molecule has 0 amide bonds. The van der Waals surface area contributed by atoms with Gasteiger partial charge in [-0.05, 0) is 73.1 Å². The molecule has 17 heteroatoms. The Morgan fingerprint density at radius 1 is 0.738 bits per heavy atom. The fourth-order valence-corrected chi connectivity index (χ4v) is 13.0. The number of methoxy groups -OCH3 is 3. The van der Waals surface area contributed by atoms with Crippen LogP contribution in [-0.4, -0.2) is 150 Å². The van der Waals surface area contributed by atoms with Gasteiger partial charge < -0.3 is 77.3 Å². The predicted molar refractivity (Wildman–Crippen MR) is 228 cm³/mol. The number of rotatable bonds is 12. The van der Waals surface area contributed by atoms with Crippen LogP contribution < -0.4 is 34.7 Å². The van der Waals surface area contributed by atoms with E-state index in [1.54, 1.807) is 42.1 Å². The van der Waals surface area contributed by atoms with Crippen LogP contribution in [0.25, 0.3) is 0 Å². The number of carboxylic acid groups (broad SMARTS) is 1. The van der Waals surface area contributed by atoms with Gasteiger partial charge >= 0.3 is 29.6 Å². The van der Waals surface area contributed by atoms with Gasteiger partial charge in [-0.3, -0.25) is 0 Å². The molecule has 1 spiro atoms. The van der Waals surface area contributed by atoms with Crippen molar-refractivity contribution in [3.8, 4) is 0 Å². The summed E-state index contributed by atoms with van der Waals surface area (Å²) in [6.07, 6.45) is 0.228. The summed E-state index contributed by atoms with van der Waals surface area (Å²) in [6.45, 7) is 20.5. The first-order valence-electron chi connectivity index (χ1n) is 24.2. The molecule has 7 fully saturated rings. The normalized spacial score (nSPS) is 53.7. The smallest absolute Gasteiger partial charge is 0.550 e. The topological polar surface area (TPSA) is 202 Å². The quantitative estimate of drug-likeness (QED) is 0.234. The number of aliphatic hydroxyl groups is 3. The predicted octanol–water partition coefficient (Wildman–Crippen LogP) is 0.997. The monoisotopic (exact) mass is 937 g/mol. The molecule has 0 saturated carbocycles.